The second-order valence-electron chi connectivity index (χ2n) is 1.42. The molecule has 43 valence electrons. The van der Waals surface area contributed by atoms with Gasteiger partial charge in [-0.05, 0) is 6.92 Å². The zero-order valence-electron chi connectivity index (χ0n) is 4.24. The maximum Gasteiger partial charge on any atom is 0.0899 e. The molecule has 0 aromatic carbocycles. The van der Waals surface area contributed by atoms with Crippen LogP contribution in [0.2, 0.25) is 0 Å². The molecule has 1 N–H and O–H groups in total. The molecule has 3 heteroatoms. The second kappa shape index (κ2) is 2.24. The molecule has 1 rings (SSSR count). The maximum atomic E-state index is 8.77. The molecule has 0 aliphatic carbocycles. The topological polar surface area (TPSA) is 33.1 Å². The van der Waals surface area contributed by atoms with Crippen LogP contribution in [-0.4, -0.2) is 10.1 Å². The van der Waals surface area contributed by atoms with Crippen molar-refractivity contribution >= 4 is 11.3 Å². The third-order valence-electron chi connectivity index (χ3n) is 0.780. The normalized spacial score (nSPS) is 13.8. The molecule has 1 heterocycles. The van der Waals surface area contributed by atoms with E-state index >= 15 is 0 Å². The van der Waals surface area contributed by atoms with Gasteiger partial charge in [0.05, 0.1) is 16.5 Å². The number of aliphatic hydroxyl groups excluding tert-OH is 1. The van der Waals surface area contributed by atoms with E-state index in [1.54, 1.807) is 11.7 Å². The Labute approximate surface area is 51.8 Å². The van der Waals surface area contributed by atoms with Crippen LogP contribution in [0.4, 0.5) is 0 Å². The molecule has 1 unspecified atom stereocenters. The summed E-state index contributed by atoms with van der Waals surface area (Å²) in [6.45, 7) is 3.41. The second-order valence-corrected chi connectivity index (χ2v) is 2.34. The number of thiazole rings is 1. The summed E-state index contributed by atoms with van der Waals surface area (Å²) in [4.78, 5) is 4.57. The lowest BCUT2D eigenvalue weighted by Crippen LogP contribution is -1.83. The van der Waals surface area contributed by atoms with E-state index < -0.39 is 6.10 Å². The fourth-order valence-electron chi connectivity index (χ4n) is 0.390. The molecule has 1 aromatic heterocycles. The van der Waals surface area contributed by atoms with Crippen LogP contribution in [-0.2, 0) is 0 Å². The summed E-state index contributed by atoms with van der Waals surface area (Å²) >= 11 is 1.41. The van der Waals surface area contributed by atoms with Gasteiger partial charge < -0.3 is 5.11 Å². The van der Waals surface area contributed by atoms with Crippen LogP contribution in [0.15, 0.2) is 11.7 Å². The summed E-state index contributed by atoms with van der Waals surface area (Å²) in [5.41, 5.74) is 1.67. The standard InChI is InChI=1S/C5H6NOS/c1-4(7)5-2-6-3-8-5/h2-4,7H,1H2. The maximum absolute atomic E-state index is 8.77. The van der Waals surface area contributed by atoms with E-state index in [1.807, 2.05) is 0 Å². The molecule has 0 aliphatic heterocycles. The average molecular weight is 128 g/mol. The molecule has 0 aliphatic rings. The molecule has 0 saturated heterocycles. The zero-order chi connectivity index (χ0) is 5.98. The van der Waals surface area contributed by atoms with Crippen LogP contribution >= 0.6 is 11.3 Å². The lowest BCUT2D eigenvalue weighted by atomic mass is 10.4. The van der Waals surface area contributed by atoms with Crippen LogP contribution in [0.25, 0.3) is 0 Å². The van der Waals surface area contributed by atoms with Crippen LogP contribution in [0.5, 0.6) is 0 Å². The first-order valence-electron chi connectivity index (χ1n) is 2.20. The van der Waals surface area contributed by atoms with Gasteiger partial charge in [-0.15, -0.1) is 11.3 Å². The molecule has 0 bridgehead atoms. The van der Waals surface area contributed by atoms with Crippen LogP contribution in [0.1, 0.15) is 11.0 Å². The predicted molar refractivity (Wildman–Crippen MR) is 32.4 cm³/mol. The Morgan fingerprint density at radius 1 is 1.88 bits per heavy atom. The van der Waals surface area contributed by atoms with Gasteiger partial charge >= 0.3 is 0 Å². The molecule has 1 radical (unpaired) electrons. The molecule has 1 atom stereocenters. The fraction of sp³-hybridized carbons (Fsp3) is 0.200. The van der Waals surface area contributed by atoms with E-state index in [9.17, 15) is 0 Å². The summed E-state index contributed by atoms with van der Waals surface area (Å²) in [6, 6.07) is 0. The van der Waals surface area contributed by atoms with Crippen LogP contribution in [0, 0.1) is 6.92 Å². The fourth-order valence-corrected chi connectivity index (χ4v) is 0.912. The summed E-state index contributed by atoms with van der Waals surface area (Å²) < 4.78 is 0. The van der Waals surface area contributed by atoms with Crippen molar-refractivity contribution in [2.75, 3.05) is 0 Å². The lowest BCUT2D eigenvalue weighted by Gasteiger charge is -1.93. The van der Waals surface area contributed by atoms with Crippen LogP contribution in [0.3, 0.4) is 0 Å². The van der Waals surface area contributed by atoms with Crippen molar-refractivity contribution in [2.45, 2.75) is 6.10 Å². The Bertz CT molecular complexity index is 147. The first kappa shape index (κ1) is 5.72. The Balaban J connectivity index is 2.77. The van der Waals surface area contributed by atoms with Crippen molar-refractivity contribution in [3.63, 3.8) is 0 Å². The number of hydrogen-bond donors (Lipinski definition) is 1. The van der Waals surface area contributed by atoms with Gasteiger partial charge in [-0.2, -0.15) is 0 Å². The highest BCUT2D eigenvalue weighted by molar-refractivity contribution is 7.09. The summed E-state index contributed by atoms with van der Waals surface area (Å²) in [6.07, 6.45) is 1.00. The molecule has 2 nitrogen and oxygen atoms in total. The van der Waals surface area contributed by atoms with Crippen molar-refractivity contribution < 1.29 is 5.11 Å². The Morgan fingerprint density at radius 3 is 2.88 bits per heavy atom. The monoisotopic (exact) mass is 128 g/mol. The zero-order valence-corrected chi connectivity index (χ0v) is 5.06. The number of aromatic nitrogens is 1. The van der Waals surface area contributed by atoms with Crippen molar-refractivity contribution in [2.24, 2.45) is 0 Å². The highest BCUT2D eigenvalue weighted by Gasteiger charge is 1.99. The molecule has 0 fully saturated rings. The van der Waals surface area contributed by atoms with Gasteiger partial charge in [0.15, 0.2) is 0 Å². The van der Waals surface area contributed by atoms with E-state index in [0.29, 0.717) is 0 Å². The quantitative estimate of drug-likeness (QED) is 0.612. The minimum Gasteiger partial charge on any atom is -0.388 e. The molecule has 0 amide bonds. The molecular formula is C5H6NOS. The van der Waals surface area contributed by atoms with Gasteiger partial charge in [0.1, 0.15) is 0 Å². The molecule has 8 heavy (non-hydrogen) atoms. The number of nitrogens with zero attached hydrogens (tertiary/aromatic N) is 1. The van der Waals surface area contributed by atoms with Crippen LogP contribution < -0.4 is 0 Å². The summed E-state index contributed by atoms with van der Waals surface area (Å²) in [5, 5.41) is 8.77. The van der Waals surface area contributed by atoms with Crippen molar-refractivity contribution in [1.82, 2.24) is 4.98 Å². The van der Waals surface area contributed by atoms with E-state index in [2.05, 4.69) is 11.9 Å². The largest absolute Gasteiger partial charge is 0.388 e. The smallest absolute Gasteiger partial charge is 0.0899 e. The summed E-state index contributed by atoms with van der Waals surface area (Å²) in [5.74, 6) is 0. The van der Waals surface area contributed by atoms with Crippen molar-refractivity contribution in [3.8, 4) is 0 Å². The highest BCUT2D eigenvalue weighted by Crippen LogP contribution is 2.14. The summed E-state index contributed by atoms with van der Waals surface area (Å²) in [7, 11) is 0. The highest BCUT2D eigenvalue weighted by atomic mass is 32.1. The molecule has 1 aromatic rings. The average Bonchev–Trinajstić information content (AvgIpc) is 2.12. The Kier molecular flexibility index (Phi) is 1.60. The van der Waals surface area contributed by atoms with Gasteiger partial charge in [-0.25, -0.2) is 0 Å². The first-order chi connectivity index (χ1) is 3.80. The Hall–Kier alpha value is -0.410. The van der Waals surface area contributed by atoms with E-state index in [0.717, 1.165) is 4.88 Å². The number of hydrogen-bond acceptors (Lipinski definition) is 3. The molecule has 0 saturated carbocycles. The number of rotatable bonds is 1. The minimum absolute atomic E-state index is 0.609. The molecular weight excluding hydrogens is 122 g/mol. The predicted octanol–water partition coefficient (Wildman–Crippen LogP) is 1.01. The third kappa shape index (κ3) is 1.05. The minimum atomic E-state index is -0.609. The SMILES string of the molecule is [CH2]C(O)c1cncs1. The van der Waals surface area contributed by atoms with Crippen molar-refractivity contribution in [3.05, 3.63) is 23.5 Å². The Morgan fingerprint density at radius 2 is 2.62 bits per heavy atom. The van der Waals surface area contributed by atoms with Crippen molar-refractivity contribution in [1.29, 1.82) is 0 Å². The lowest BCUT2D eigenvalue weighted by molar-refractivity contribution is 0.229. The van der Waals surface area contributed by atoms with Gasteiger partial charge in [0.2, 0.25) is 0 Å². The number of aliphatic hydroxyl groups is 1. The third-order valence-corrected chi connectivity index (χ3v) is 1.66. The van der Waals surface area contributed by atoms with Gasteiger partial charge in [-0.3, -0.25) is 4.98 Å². The first-order valence-corrected chi connectivity index (χ1v) is 3.08. The van der Waals surface area contributed by atoms with Gasteiger partial charge in [0, 0.05) is 6.20 Å². The molecule has 0 spiro atoms. The van der Waals surface area contributed by atoms with E-state index in [4.69, 9.17) is 5.11 Å². The van der Waals surface area contributed by atoms with E-state index in [-0.39, 0.29) is 0 Å². The van der Waals surface area contributed by atoms with E-state index in [1.165, 1.54) is 11.3 Å². The van der Waals surface area contributed by atoms with Gasteiger partial charge in [0.25, 0.3) is 0 Å². The van der Waals surface area contributed by atoms with Gasteiger partial charge in [-0.1, -0.05) is 0 Å².